The van der Waals surface area contributed by atoms with Gasteiger partial charge in [0.25, 0.3) is 0 Å². The summed E-state index contributed by atoms with van der Waals surface area (Å²) in [6, 6.07) is -0.898. The molecule has 8 N–H and O–H groups in total. The van der Waals surface area contributed by atoms with Gasteiger partial charge in [0.2, 0.25) is 29.5 Å². The molecule has 0 aromatic carbocycles. The molecular weight excluding hydrogens is 394 g/mol. The number of nitrogens with one attached hydrogen (secondary N) is 2. The third-order valence-electron chi connectivity index (χ3n) is 4.10. The minimum absolute atomic E-state index is 0.0286. The lowest BCUT2D eigenvalue weighted by molar-refractivity contribution is -0.136. The Kier molecular flexibility index (Phi) is 11.9. The number of amides is 5. The Balaban J connectivity index is 4.74. The number of carbonyl (C=O) groups excluding carboxylic acids is 5. The van der Waals surface area contributed by atoms with Crippen LogP contribution in [-0.4, -0.2) is 91.2 Å². The summed E-state index contributed by atoms with van der Waals surface area (Å²) in [6.45, 7) is -1.19. The molecule has 0 spiro atoms. The Bertz CT molecular complexity index is 639. The van der Waals surface area contributed by atoms with Crippen LogP contribution in [0.4, 0.5) is 0 Å². The van der Waals surface area contributed by atoms with Gasteiger partial charge in [-0.15, -0.1) is 0 Å². The number of carbonyl (C=O) groups is 5. The van der Waals surface area contributed by atoms with Gasteiger partial charge < -0.3 is 37.6 Å². The molecule has 0 bridgehead atoms. The quantitative estimate of drug-likeness (QED) is 0.168. The molecule has 0 aliphatic rings. The van der Waals surface area contributed by atoms with E-state index in [-0.39, 0.29) is 32.7 Å². The van der Waals surface area contributed by atoms with E-state index in [1.165, 1.54) is 0 Å². The number of nitrogens with zero attached hydrogens (tertiary/aromatic N) is 2. The van der Waals surface area contributed by atoms with Crippen molar-refractivity contribution in [3.63, 3.8) is 0 Å². The molecule has 12 heteroatoms. The van der Waals surface area contributed by atoms with E-state index in [4.69, 9.17) is 19.9 Å². The minimum atomic E-state index is -0.898. The van der Waals surface area contributed by atoms with E-state index < -0.39 is 55.9 Å². The van der Waals surface area contributed by atoms with E-state index in [0.717, 1.165) is 9.80 Å². The van der Waals surface area contributed by atoms with Crippen LogP contribution in [0.1, 0.15) is 35.8 Å². The number of hydrogen-bond acceptors (Lipinski definition) is 7. The zero-order chi connectivity index (χ0) is 24.5. The average molecular weight is 434 g/mol. The summed E-state index contributed by atoms with van der Waals surface area (Å²) >= 11 is 0. The van der Waals surface area contributed by atoms with Gasteiger partial charge in [-0.3, -0.25) is 24.0 Å². The van der Waals surface area contributed by atoms with E-state index in [0.29, 0.717) is 25.8 Å². The van der Waals surface area contributed by atoms with Gasteiger partial charge in [0, 0.05) is 42.7 Å². The van der Waals surface area contributed by atoms with Crippen molar-refractivity contribution < 1.29 is 26.7 Å². The highest BCUT2D eigenvalue weighted by molar-refractivity contribution is 5.89. The molecule has 0 aromatic heterocycles. The van der Waals surface area contributed by atoms with Gasteiger partial charge >= 0.3 is 0 Å². The molecule has 30 heavy (non-hydrogen) atoms. The summed E-state index contributed by atoms with van der Waals surface area (Å²) in [7, 11) is 0. The fourth-order valence-electron chi connectivity index (χ4n) is 2.49. The first-order valence-corrected chi connectivity index (χ1v) is 9.59. The van der Waals surface area contributed by atoms with Crippen molar-refractivity contribution in [2.24, 2.45) is 17.2 Å². The standard InChI is InChI=1S/C18H35N7O5/c1-13(26)24(9-7-20)11-16(28)22-8-10-25(14(2)27)12-17(29)23-15(18(21)30)5-3-4-6-19/h15H,3-12,19-20H2,1-2H3,(H2,21,30)(H,22,28)(H,23,29)/i1T,2T. The van der Waals surface area contributed by atoms with Gasteiger partial charge in [0.1, 0.15) is 6.04 Å². The second kappa shape index (κ2) is 15.2. The second-order valence-electron chi connectivity index (χ2n) is 6.58. The second-order valence-corrected chi connectivity index (χ2v) is 6.58. The first-order valence-electron chi connectivity index (χ1n) is 11.0. The highest BCUT2D eigenvalue weighted by Crippen LogP contribution is 2.00. The Hall–Kier alpha value is -2.73. The summed E-state index contributed by atoms with van der Waals surface area (Å²) in [4.78, 5) is 61.7. The highest BCUT2D eigenvalue weighted by Gasteiger charge is 2.20. The third kappa shape index (κ3) is 12.0. The summed E-state index contributed by atoms with van der Waals surface area (Å²) in [5.41, 5.74) is 16.1. The van der Waals surface area contributed by atoms with Crippen molar-refractivity contribution in [3.05, 3.63) is 0 Å². The number of nitrogens with two attached hydrogens (primary N) is 3. The number of rotatable bonds is 15. The first-order chi connectivity index (χ1) is 15.2. The lowest BCUT2D eigenvalue weighted by atomic mass is 10.1. The molecule has 0 saturated heterocycles. The van der Waals surface area contributed by atoms with Crippen molar-refractivity contribution >= 4 is 29.5 Å². The molecule has 12 nitrogen and oxygen atoms in total. The zero-order valence-electron chi connectivity index (χ0n) is 19.2. The number of hydrogen-bond donors (Lipinski definition) is 5. The van der Waals surface area contributed by atoms with Crippen LogP contribution in [0.2, 0.25) is 0 Å². The molecule has 0 fully saturated rings. The summed E-state index contributed by atoms with van der Waals surface area (Å²) in [6.07, 6.45) is 1.58. The van der Waals surface area contributed by atoms with Gasteiger partial charge in [-0.05, 0) is 25.8 Å². The van der Waals surface area contributed by atoms with Gasteiger partial charge in [-0.25, -0.2) is 0 Å². The number of unbranched alkanes of at least 4 members (excludes halogenated alkanes) is 1. The fraction of sp³-hybridized carbons (Fsp3) is 0.722. The molecule has 5 amide bonds. The lowest BCUT2D eigenvalue weighted by Crippen LogP contribution is -2.50. The fourth-order valence-corrected chi connectivity index (χ4v) is 2.49. The monoisotopic (exact) mass is 433 g/mol. The van der Waals surface area contributed by atoms with Gasteiger partial charge in [-0.2, -0.15) is 0 Å². The van der Waals surface area contributed by atoms with Crippen LogP contribution in [0.5, 0.6) is 0 Å². The molecule has 0 aliphatic heterocycles. The largest absolute Gasteiger partial charge is 0.368 e. The van der Waals surface area contributed by atoms with Gasteiger partial charge in [0.05, 0.1) is 13.1 Å². The van der Waals surface area contributed by atoms with Crippen LogP contribution in [0.15, 0.2) is 0 Å². The Morgan fingerprint density at radius 3 is 2.03 bits per heavy atom. The molecule has 0 aliphatic carbocycles. The van der Waals surface area contributed by atoms with E-state index >= 15 is 0 Å². The smallest absolute Gasteiger partial charge is 0.240 e. The minimum Gasteiger partial charge on any atom is -0.368 e. The van der Waals surface area contributed by atoms with Crippen molar-refractivity contribution in [1.82, 2.24) is 20.4 Å². The predicted molar refractivity (Wildman–Crippen MR) is 111 cm³/mol. The molecule has 0 heterocycles. The maximum Gasteiger partial charge on any atom is 0.240 e. The zero-order valence-corrected chi connectivity index (χ0v) is 17.2. The summed E-state index contributed by atoms with van der Waals surface area (Å²) < 4.78 is 14.4. The summed E-state index contributed by atoms with van der Waals surface area (Å²) in [5, 5.41) is 4.99. The predicted octanol–water partition coefficient (Wildman–Crippen LogP) is -3.14. The van der Waals surface area contributed by atoms with Crippen LogP contribution >= 0.6 is 0 Å². The van der Waals surface area contributed by atoms with Crippen molar-refractivity contribution in [3.8, 4) is 0 Å². The van der Waals surface area contributed by atoms with Crippen LogP contribution in [0, 0.1) is 0 Å². The lowest BCUT2D eigenvalue weighted by Gasteiger charge is -2.23. The maximum absolute atomic E-state index is 12.3. The van der Waals surface area contributed by atoms with E-state index in [1.807, 2.05) is 0 Å². The third-order valence-corrected chi connectivity index (χ3v) is 4.10. The van der Waals surface area contributed by atoms with E-state index in [2.05, 4.69) is 10.6 Å². The normalized spacial score (nSPS) is 12.2. The molecule has 1 unspecified atom stereocenters. The maximum atomic E-state index is 12.3. The highest BCUT2D eigenvalue weighted by atomic mass is 16.2. The van der Waals surface area contributed by atoms with Crippen LogP contribution in [-0.2, 0) is 24.0 Å². The molecular formula is C18H35N7O5. The average Bonchev–Trinajstić information content (AvgIpc) is 2.76. The molecule has 0 radical (unpaired) electrons. The molecule has 0 rings (SSSR count). The van der Waals surface area contributed by atoms with Crippen LogP contribution in [0.3, 0.4) is 0 Å². The summed E-state index contributed by atoms with van der Waals surface area (Å²) in [5.74, 6) is -3.02. The van der Waals surface area contributed by atoms with Crippen molar-refractivity contribution in [2.75, 3.05) is 45.8 Å². The van der Waals surface area contributed by atoms with Crippen LogP contribution in [0.25, 0.3) is 0 Å². The Labute approximate surface area is 179 Å². The van der Waals surface area contributed by atoms with E-state index in [1.54, 1.807) is 0 Å². The SMILES string of the molecule is [3H]CC(=O)N(CCN)CC(=O)NCCN(CC(=O)NC(CCCCN)C(N)=O)C(=O)C[3H]. The first kappa shape index (κ1) is 23.5. The van der Waals surface area contributed by atoms with Gasteiger partial charge in [0.15, 0.2) is 0 Å². The van der Waals surface area contributed by atoms with Crippen molar-refractivity contribution in [1.29, 1.82) is 0 Å². The number of primary amides is 1. The Morgan fingerprint density at radius 1 is 0.900 bits per heavy atom. The Morgan fingerprint density at radius 2 is 1.50 bits per heavy atom. The molecule has 1 atom stereocenters. The molecule has 0 aromatic rings. The molecule has 0 saturated carbocycles. The topological polar surface area (TPSA) is 194 Å². The van der Waals surface area contributed by atoms with Gasteiger partial charge in [-0.1, -0.05) is 0 Å². The van der Waals surface area contributed by atoms with Crippen molar-refractivity contribution in [2.45, 2.75) is 39.1 Å². The van der Waals surface area contributed by atoms with E-state index in [9.17, 15) is 24.0 Å². The van der Waals surface area contributed by atoms with Crippen LogP contribution < -0.4 is 27.8 Å². The molecule has 172 valence electrons.